The van der Waals surface area contributed by atoms with Crippen molar-refractivity contribution in [2.24, 2.45) is 11.8 Å². The molecule has 0 aromatic carbocycles. The number of rotatable bonds is 3. The molecule has 112 valence electrons. The maximum atomic E-state index is 12.0. The fourth-order valence-corrected chi connectivity index (χ4v) is 4.35. The summed E-state index contributed by atoms with van der Waals surface area (Å²) in [4.78, 5) is 24.1. The van der Waals surface area contributed by atoms with Crippen LogP contribution in [0.25, 0.3) is 0 Å². The van der Waals surface area contributed by atoms with E-state index in [0.717, 1.165) is 25.7 Å². The summed E-state index contributed by atoms with van der Waals surface area (Å²) in [5, 5.41) is 4.93. The van der Waals surface area contributed by atoms with E-state index in [-0.39, 0.29) is 17.4 Å². The quantitative estimate of drug-likeness (QED) is 0.892. The van der Waals surface area contributed by atoms with Crippen LogP contribution in [-0.4, -0.2) is 14.8 Å². The van der Waals surface area contributed by atoms with E-state index in [4.69, 9.17) is 0 Å². The number of H-pyrrole nitrogens is 2. The first-order valence-electron chi connectivity index (χ1n) is 8.16. The molecule has 5 nitrogen and oxygen atoms in total. The predicted molar refractivity (Wildman–Crippen MR) is 77.9 cm³/mol. The van der Waals surface area contributed by atoms with Crippen molar-refractivity contribution in [3.8, 4) is 0 Å². The molecule has 5 heteroatoms. The van der Waals surface area contributed by atoms with Crippen LogP contribution in [0, 0.1) is 11.8 Å². The molecule has 0 unspecified atom stereocenters. The fraction of sp³-hybridized carbons (Fsp3) is 0.867. The highest BCUT2D eigenvalue weighted by atomic mass is 16.2. The highest BCUT2D eigenvalue weighted by Gasteiger charge is 2.34. The van der Waals surface area contributed by atoms with Gasteiger partial charge in [-0.05, 0) is 37.5 Å². The Labute approximate surface area is 118 Å². The van der Waals surface area contributed by atoms with Crippen molar-refractivity contribution in [1.82, 2.24) is 14.8 Å². The lowest BCUT2D eigenvalue weighted by atomic mass is 9.73. The zero-order valence-corrected chi connectivity index (χ0v) is 12.1. The molecule has 2 fully saturated rings. The van der Waals surface area contributed by atoms with E-state index in [1.54, 1.807) is 0 Å². The van der Waals surface area contributed by atoms with Crippen molar-refractivity contribution in [3.63, 3.8) is 0 Å². The van der Waals surface area contributed by atoms with Gasteiger partial charge in [0.2, 0.25) is 0 Å². The van der Waals surface area contributed by atoms with Crippen LogP contribution in [0.1, 0.15) is 70.3 Å². The summed E-state index contributed by atoms with van der Waals surface area (Å²) >= 11 is 0. The Morgan fingerprint density at radius 3 is 1.55 bits per heavy atom. The number of nitrogens with zero attached hydrogens (tertiary/aromatic N) is 1. The number of hydrogen-bond acceptors (Lipinski definition) is 2. The van der Waals surface area contributed by atoms with Gasteiger partial charge in [-0.15, -0.1) is 0 Å². The smallest absolute Gasteiger partial charge is 0.247 e. The SMILES string of the molecule is O=c1[nH][nH]c(=O)n1C(C1CCCCC1)C1CCCCC1. The summed E-state index contributed by atoms with van der Waals surface area (Å²) in [6.45, 7) is 0. The largest absolute Gasteiger partial charge is 0.344 e. The van der Waals surface area contributed by atoms with Gasteiger partial charge in [0, 0.05) is 6.04 Å². The van der Waals surface area contributed by atoms with E-state index in [1.807, 2.05) is 0 Å². The molecule has 0 atom stereocenters. The van der Waals surface area contributed by atoms with Gasteiger partial charge in [-0.2, -0.15) is 0 Å². The fourth-order valence-electron chi connectivity index (χ4n) is 4.35. The Bertz CT molecular complexity index is 484. The van der Waals surface area contributed by atoms with E-state index in [9.17, 15) is 9.59 Å². The zero-order chi connectivity index (χ0) is 13.9. The van der Waals surface area contributed by atoms with Gasteiger partial charge >= 0.3 is 11.4 Å². The van der Waals surface area contributed by atoms with Crippen LogP contribution in [0.3, 0.4) is 0 Å². The monoisotopic (exact) mass is 279 g/mol. The number of hydrogen-bond donors (Lipinski definition) is 2. The highest BCUT2D eigenvalue weighted by Crippen LogP contribution is 2.41. The predicted octanol–water partition coefficient (Wildman–Crippen LogP) is 2.57. The van der Waals surface area contributed by atoms with Crippen LogP contribution in [0.5, 0.6) is 0 Å². The number of aromatic amines is 2. The zero-order valence-electron chi connectivity index (χ0n) is 12.1. The Hall–Kier alpha value is -1.26. The summed E-state index contributed by atoms with van der Waals surface area (Å²) < 4.78 is 1.49. The van der Waals surface area contributed by atoms with Gasteiger partial charge in [0.15, 0.2) is 0 Å². The Balaban J connectivity index is 1.93. The van der Waals surface area contributed by atoms with E-state index in [1.165, 1.54) is 43.1 Å². The van der Waals surface area contributed by atoms with Crippen LogP contribution >= 0.6 is 0 Å². The van der Waals surface area contributed by atoms with Crippen molar-refractivity contribution in [1.29, 1.82) is 0 Å². The molecule has 3 rings (SSSR count). The van der Waals surface area contributed by atoms with Crippen molar-refractivity contribution in [2.75, 3.05) is 0 Å². The third-order valence-electron chi connectivity index (χ3n) is 5.28. The van der Waals surface area contributed by atoms with E-state index >= 15 is 0 Å². The molecule has 1 aromatic heterocycles. The van der Waals surface area contributed by atoms with Gasteiger partial charge in [-0.1, -0.05) is 38.5 Å². The van der Waals surface area contributed by atoms with Gasteiger partial charge in [0.1, 0.15) is 0 Å². The number of aromatic nitrogens is 3. The molecule has 0 radical (unpaired) electrons. The van der Waals surface area contributed by atoms with Crippen LogP contribution in [-0.2, 0) is 0 Å². The Kier molecular flexibility index (Phi) is 4.13. The third kappa shape index (κ3) is 2.63. The molecule has 2 saturated carbocycles. The topological polar surface area (TPSA) is 70.7 Å². The van der Waals surface area contributed by atoms with Gasteiger partial charge in [-0.3, -0.25) is 0 Å². The number of nitrogens with one attached hydrogen (secondary N) is 2. The first-order chi connectivity index (χ1) is 9.77. The van der Waals surface area contributed by atoms with E-state index < -0.39 is 0 Å². The molecule has 1 heterocycles. The summed E-state index contributed by atoms with van der Waals surface area (Å²) in [6.07, 6.45) is 12.2. The second kappa shape index (κ2) is 6.02. The lowest BCUT2D eigenvalue weighted by Crippen LogP contribution is -2.40. The average molecular weight is 279 g/mol. The maximum absolute atomic E-state index is 12.0. The normalized spacial score (nSPS) is 22.4. The van der Waals surface area contributed by atoms with Crippen molar-refractivity contribution in [2.45, 2.75) is 70.3 Å². The molecule has 1 aromatic rings. The first-order valence-corrected chi connectivity index (χ1v) is 8.16. The molecule has 0 amide bonds. The maximum Gasteiger partial charge on any atom is 0.344 e. The van der Waals surface area contributed by atoms with Crippen molar-refractivity contribution < 1.29 is 0 Å². The average Bonchev–Trinajstić information content (AvgIpc) is 2.82. The van der Waals surface area contributed by atoms with Crippen molar-refractivity contribution in [3.05, 3.63) is 21.0 Å². The second-order valence-corrected chi connectivity index (χ2v) is 6.52. The minimum Gasteiger partial charge on any atom is -0.247 e. The Morgan fingerprint density at radius 2 is 1.15 bits per heavy atom. The summed E-state index contributed by atoms with van der Waals surface area (Å²) in [6, 6.07) is 0.109. The molecule has 2 N–H and O–H groups in total. The lowest BCUT2D eigenvalue weighted by molar-refractivity contribution is 0.143. The minimum absolute atomic E-state index is 0.109. The first kappa shape index (κ1) is 13.7. The summed E-state index contributed by atoms with van der Waals surface area (Å²) in [5.74, 6) is 1.00. The van der Waals surface area contributed by atoms with E-state index in [0.29, 0.717) is 11.8 Å². The van der Waals surface area contributed by atoms with Gasteiger partial charge < -0.3 is 0 Å². The van der Waals surface area contributed by atoms with Crippen LogP contribution < -0.4 is 11.4 Å². The molecule has 0 spiro atoms. The van der Waals surface area contributed by atoms with Crippen molar-refractivity contribution >= 4 is 0 Å². The molecule has 2 aliphatic rings. The Morgan fingerprint density at radius 1 is 0.750 bits per heavy atom. The second-order valence-electron chi connectivity index (χ2n) is 6.52. The van der Waals surface area contributed by atoms with Crippen LogP contribution in [0.15, 0.2) is 9.59 Å². The standard InChI is InChI=1S/C15H25N3O2/c19-14-16-17-15(20)18(14)13(11-7-3-1-4-8-11)12-9-5-2-6-10-12/h11-13H,1-10H2,(H,16,19)(H,17,20). The highest BCUT2D eigenvalue weighted by molar-refractivity contribution is 4.88. The minimum atomic E-state index is -0.254. The molecular weight excluding hydrogens is 254 g/mol. The molecule has 0 saturated heterocycles. The third-order valence-corrected chi connectivity index (χ3v) is 5.28. The van der Waals surface area contributed by atoms with Gasteiger partial charge in [-0.25, -0.2) is 24.4 Å². The molecule has 0 aliphatic heterocycles. The van der Waals surface area contributed by atoms with E-state index in [2.05, 4.69) is 10.2 Å². The van der Waals surface area contributed by atoms with Gasteiger partial charge in [0.05, 0.1) is 0 Å². The molecular formula is C15H25N3O2. The van der Waals surface area contributed by atoms with Gasteiger partial charge in [0.25, 0.3) is 0 Å². The summed E-state index contributed by atoms with van der Waals surface area (Å²) in [7, 11) is 0. The molecule has 0 bridgehead atoms. The summed E-state index contributed by atoms with van der Waals surface area (Å²) in [5.41, 5.74) is -0.507. The van der Waals surface area contributed by atoms with Crippen LogP contribution in [0.4, 0.5) is 0 Å². The lowest BCUT2D eigenvalue weighted by Gasteiger charge is -2.37. The molecule has 20 heavy (non-hydrogen) atoms. The van der Waals surface area contributed by atoms with Crippen LogP contribution in [0.2, 0.25) is 0 Å². The molecule has 2 aliphatic carbocycles.